The van der Waals surface area contributed by atoms with E-state index in [9.17, 15) is 4.79 Å². The lowest BCUT2D eigenvalue weighted by Crippen LogP contribution is -2.00. The zero-order valence-electron chi connectivity index (χ0n) is 11.2. The van der Waals surface area contributed by atoms with Gasteiger partial charge >= 0.3 is 0 Å². The minimum Gasteiger partial charge on any atom is -0.497 e. The highest BCUT2D eigenvalue weighted by Gasteiger charge is 2.09. The summed E-state index contributed by atoms with van der Waals surface area (Å²) in [6, 6.07) is 11.6. The summed E-state index contributed by atoms with van der Waals surface area (Å²) in [5.41, 5.74) is 7.25. The van der Waals surface area contributed by atoms with E-state index < -0.39 is 0 Å². The van der Waals surface area contributed by atoms with Gasteiger partial charge in [-0.1, -0.05) is 11.6 Å². The summed E-state index contributed by atoms with van der Waals surface area (Å²) >= 11 is 5.90. The number of anilines is 1. The first kappa shape index (κ1) is 13.5. The van der Waals surface area contributed by atoms with Gasteiger partial charge in [0, 0.05) is 17.7 Å². The van der Waals surface area contributed by atoms with Crippen LogP contribution in [-0.4, -0.2) is 7.11 Å². The van der Waals surface area contributed by atoms with Crippen LogP contribution in [0.1, 0.15) is 0 Å². The van der Waals surface area contributed by atoms with Gasteiger partial charge in [0.2, 0.25) is 0 Å². The molecule has 3 rings (SSSR count). The number of nitrogens with two attached hydrogens (primary N) is 1. The van der Waals surface area contributed by atoms with Crippen molar-refractivity contribution in [2.24, 2.45) is 0 Å². The normalized spacial score (nSPS) is 10.8. The molecule has 0 saturated heterocycles. The fourth-order valence-electron chi connectivity index (χ4n) is 2.10. The SMILES string of the molecule is COc1ccc2c(=O)cc(-c3ccc(Cl)c(N)c3)oc2c1. The first-order chi connectivity index (χ1) is 10.1. The lowest BCUT2D eigenvalue weighted by atomic mass is 10.1. The van der Waals surface area contributed by atoms with Crippen LogP contribution in [0.15, 0.2) is 51.7 Å². The second-order valence-electron chi connectivity index (χ2n) is 4.57. The molecular weight excluding hydrogens is 290 g/mol. The van der Waals surface area contributed by atoms with Crippen molar-refractivity contribution in [1.82, 2.24) is 0 Å². The summed E-state index contributed by atoms with van der Waals surface area (Å²) in [6.45, 7) is 0. The van der Waals surface area contributed by atoms with Crippen molar-refractivity contribution in [2.45, 2.75) is 0 Å². The van der Waals surface area contributed by atoms with E-state index >= 15 is 0 Å². The Balaban J connectivity index is 2.23. The number of benzene rings is 2. The zero-order chi connectivity index (χ0) is 15.0. The van der Waals surface area contributed by atoms with E-state index in [0.717, 1.165) is 0 Å². The minimum absolute atomic E-state index is 0.123. The number of nitrogen functional groups attached to an aromatic ring is 1. The van der Waals surface area contributed by atoms with Crippen molar-refractivity contribution in [3.05, 3.63) is 57.7 Å². The van der Waals surface area contributed by atoms with Crippen LogP contribution >= 0.6 is 11.6 Å². The number of hydrogen-bond acceptors (Lipinski definition) is 4. The van der Waals surface area contributed by atoms with Crippen molar-refractivity contribution < 1.29 is 9.15 Å². The fraction of sp³-hybridized carbons (Fsp3) is 0.0625. The number of fused-ring (bicyclic) bond motifs is 1. The van der Waals surface area contributed by atoms with Crippen molar-refractivity contribution in [3.8, 4) is 17.1 Å². The third kappa shape index (κ3) is 2.45. The molecule has 0 saturated carbocycles. The first-order valence-electron chi connectivity index (χ1n) is 6.26. The van der Waals surface area contributed by atoms with Gasteiger partial charge in [0.15, 0.2) is 5.43 Å². The van der Waals surface area contributed by atoms with Crippen molar-refractivity contribution >= 4 is 28.3 Å². The zero-order valence-corrected chi connectivity index (χ0v) is 12.0. The second-order valence-corrected chi connectivity index (χ2v) is 4.98. The molecule has 21 heavy (non-hydrogen) atoms. The molecule has 0 aliphatic heterocycles. The van der Waals surface area contributed by atoms with Crippen LogP contribution in [0.5, 0.6) is 5.75 Å². The molecule has 0 bridgehead atoms. The summed E-state index contributed by atoms with van der Waals surface area (Å²) in [6.07, 6.45) is 0. The van der Waals surface area contributed by atoms with Gasteiger partial charge in [0.1, 0.15) is 17.1 Å². The van der Waals surface area contributed by atoms with Crippen LogP contribution in [0, 0.1) is 0 Å². The molecule has 0 radical (unpaired) electrons. The highest BCUT2D eigenvalue weighted by atomic mass is 35.5. The largest absolute Gasteiger partial charge is 0.497 e. The summed E-state index contributed by atoms with van der Waals surface area (Å²) < 4.78 is 10.9. The molecule has 0 unspecified atom stereocenters. The Hall–Kier alpha value is -2.46. The maximum Gasteiger partial charge on any atom is 0.193 e. The Morgan fingerprint density at radius 3 is 2.67 bits per heavy atom. The molecule has 0 atom stereocenters. The Labute approximate surface area is 125 Å². The van der Waals surface area contributed by atoms with E-state index in [4.69, 9.17) is 26.5 Å². The maximum atomic E-state index is 12.2. The van der Waals surface area contributed by atoms with E-state index in [1.54, 1.807) is 43.5 Å². The smallest absolute Gasteiger partial charge is 0.193 e. The summed E-state index contributed by atoms with van der Waals surface area (Å²) in [4.78, 5) is 12.2. The lowest BCUT2D eigenvalue weighted by Gasteiger charge is -2.06. The second kappa shape index (κ2) is 5.14. The molecule has 0 spiro atoms. The molecule has 1 heterocycles. The van der Waals surface area contributed by atoms with Crippen LogP contribution in [-0.2, 0) is 0 Å². The standard InChI is InChI=1S/C16H12ClNO3/c1-20-10-3-4-11-14(19)8-15(21-16(11)7-10)9-2-5-12(17)13(18)6-9/h2-8H,18H2,1H3. The van der Waals surface area contributed by atoms with Crippen molar-refractivity contribution in [2.75, 3.05) is 12.8 Å². The van der Waals surface area contributed by atoms with E-state index in [1.807, 2.05) is 0 Å². The van der Waals surface area contributed by atoms with Crippen LogP contribution in [0.4, 0.5) is 5.69 Å². The predicted molar refractivity (Wildman–Crippen MR) is 83.9 cm³/mol. The van der Waals surface area contributed by atoms with E-state index in [2.05, 4.69) is 0 Å². The molecule has 106 valence electrons. The molecule has 0 aliphatic carbocycles. The summed E-state index contributed by atoms with van der Waals surface area (Å²) in [5.74, 6) is 1.06. The average molecular weight is 302 g/mol. The molecule has 1 aromatic heterocycles. The molecule has 5 heteroatoms. The third-order valence-electron chi connectivity index (χ3n) is 3.22. The van der Waals surface area contributed by atoms with Crippen LogP contribution in [0.25, 0.3) is 22.3 Å². The highest BCUT2D eigenvalue weighted by Crippen LogP contribution is 2.28. The molecule has 2 N–H and O–H groups in total. The Morgan fingerprint density at radius 2 is 1.95 bits per heavy atom. The van der Waals surface area contributed by atoms with Gasteiger partial charge in [-0.2, -0.15) is 0 Å². The Bertz CT molecular complexity index is 886. The van der Waals surface area contributed by atoms with Crippen LogP contribution < -0.4 is 15.9 Å². The molecule has 0 aliphatic rings. The third-order valence-corrected chi connectivity index (χ3v) is 3.56. The topological polar surface area (TPSA) is 65.5 Å². The minimum atomic E-state index is -0.123. The monoisotopic (exact) mass is 301 g/mol. The van der Waals surface area contributed by atoms with Crippen LogP contribution in [0.3, 0.4) is 0 Å². The van der Waals surface area contributed by atoms with E-state index in [0.29, 0.717) is 38.8 Å². The molecule has 0 fully saturated rings. The quantitative estimate of drug-likeness (QED) is 0.733. The van der Waals surface area contributed by atoms with Gasteiger partial charge in [-0.15, -0.1) is 0 Å². The Kier molecular flexibility index (Phi) is 3.31. The molecule has 0 amide bonds. The molecule has 4 nitrogen and oxygen atoms in total. The maximum absolute atomic E-state index is 12.2. The lowest BCUT2D eigenvalue weighted by molar-refractivity contribution is 0.414. The average Bonchev–Trinajstić information content (AvgIpc) is 2.49. The molecule has 2 aromatic carbocycles. The van der Waals surface area contributed by atoms with E-state index in [-0.39, 0.29) is 5.43 Å². The number of halogens is 1. The van der Waals surface area contributed by atoms with E-state index in [1.165, 1.54) is 6.07 Å². The molecule has 3 aromatic rings. The summed E-state index contributed by atoms with van der Waals surface area (Å²) in [5, 5.41) is 0.963. The van der Waals surface area contributed by atoms with Crippen LogP contribution in [0.2, 0.25) is 5.02 Å². The number of rotatable bonds is 2. The van der Waals surface area contributed by atoms with Gasteiger partial charge in [-0.05, 0) is 30.3 Å². The Morgan fingerprint density at radius 1 is 1.14 bits per heavy atom. The van der Waals surface area contributed by atoms with Gasteiger partial charge in [-0.25, -0.2) is 0 Å². The van der Waals surface area contributed by atoms with Crippen molar-refractivity contribution in [1.29, 1.82) is 0 Å². The molecular formula is C16H12ClNO3. The van der Waals surface area contributed by atoms with Gasteiger partial charge in [-0.3, -0.25) is 4.79 Å². The van der Waals surface area contributed by atoms with Gasteiger partial charge in [0.25, 0.3) is 0 Å². The summed E-state index contributed by atoms with van der Waals surface area (Å²) in [7, 11) is 1.56. The number of methoxy groups -OCH3 is 1. The van der Waals surface area contributed by atoms with Gasteiger partial charge < -0.3 is 14.9 Å². The predicted octanol–water partition coefficient (Wildman–Crippen LogP) is 3.70. The number of hydrogen-bond donors (Lipinski definition) is 1. The number of ether oxygens (including phenoxy) is 1. The fourth-order valence-corrected chi connectivity index (χ4v) is 2.22. The van der Waals surface area contributed by atoms with Crippen molar-refractivity contribution in [3.63, 3.8) is 0 Å². The highest BCUT2D eigenvalue weighted by molar-refractivity contribution is 6.33. The van der Waals surface area contributed by atoms with Gasteiger partial charge in [0.05, 0.1) is 23.2 Å². The first-order valence-corrected chi connectivity index (χ1v) is 6.63.